The van der Waals surface area contributed by atoms with Gasteiger partial charge in [0.05, 0.1) is 0 Å². The van der Waals surface area contributed by atoms with Gasteiger partial charge in [-0.2, -0.15) is 12.1 Å². The molecule has 0 fully saturated rings. The molecule has 52 valence electrons. The molecule has 0 radical (unpaired) electrons. The Labute approximate surface area is 87.3 Å². The Balaban J connectivity index is 0. The molecule has 10 heavy (non-hydrogen) atoms. The Bertz CT molecular complexity index is 178. The van der Waals surface area contributed by atoms with E-state index in [-0.39, 0.29) is 42.3 Å². The standard InChI is InChI=1S/C6H3ClF.BrH.Zn/c7-5-2-1-3-6(8)4-5;;/h1,3-4H;1H;/q-1;;. The molecule has 0 N–H and O–H groups in total. The summed E-state index contributed by atoms with van der Waals surface area (Å²) in [5.41, 5.74) is 0. The third-order valence-corrected chi connectivity index (χ3v) is 0.947. The summed E-state index contributed by atoms with van der Waals surface area (Å²) in [4.78, 5) is 0. The van der Waals surface area contributed by atoms with Gasteiger partial charge in [-0.1, -0.05) is 5.02 Å². The van der Waals surface area contributed by atoms with E-state index in [0.29, 0.717) is 5.02 Å². The molecule has 0 amide bonds. The fourth-order valence-corrected chi connectivity index (χ4v) is 0.579. The molecule has 1 aromatic rings. The van der Waals surface area contributed by atoms with Gasteiger partial charge in [0.2, 0.25) is 0 Å². The molecule has 1 rings (SSSR count). The monoisotopic (exact) mass is 273 g/mol. The van der Waals surface area contributed by atoms with Crippen LogP contribution in [-0.4, -0.2) is 0 Å². The SMILES string of the molecule is Br.Fc1cc[c-]c(Cl)c1.[Zn]. The maximum atomic E-state index is 12.1. The summed E-state index contributed by atoms with van der Waals surface area (Å²) in [5, 5.41) is 0.310. The van der Waals surface area contributed by atoms with Crippen molar-refractivity contribution in [2.24, 2.45) is 0 Å². The minimum atomic E-state index is -0.325. The van der Waals surface area contributed by atoms with Crippen LogP contribution in [0.1, 0.15) is 0 Å². The zero-order chi connectivity index (χ0) is 5.98. The van der Waals surface area contributed by atoms with Gasteiger partial charge in [0, 0.05) is 25.3 Å². The molecule has 0 aromatic heterocycles. The Morgan fingerprint density at radius 1 is 1.50 bits per heavy atom. The third-order valence-electron chi connectivity index (χ3n) is 0.728. The minimum absolute atomic E-state index is 0. The normalized spacial score (nSPS) is 7.40. The van der Waals surface area contributed by atoms with Gasteiger partial charge in [0.15, 0.2) is 0 Å². The van der Waals surface area contributed by atoms with Crippen molar-refractivity contribution in [2.45, 2.75) is 0 Å². The van der Waals surface area contributed by atoms with Gasteiger partial charge in [-0.25, -0.2) is 4.39 Å². The van der Waals surface area contributed by atoms with E-state index in [1.54, 1.807) is 0 Å². The molecule has 0 aliphatic rings. The maximum absolute atomic E-state index is 12.1. The van der Waals surface area contributed by atoms with Gasteiger partial charge in [-0.05, 0) is 0 Å². The van der Waals surface area contributed by atoms with Crippen LogP contribution in [0.2, 0.25) is 5.02 Å². The minimum Gasteiger partial charge on any atom is -0.236 e. The Morgan fingerprint density at radius 2 is 2.10 bits per heavy atom. The summed E-state index contributed by atoms with van der Waals surface area (Å²) in [6, 6.07) is 6.55. The fraction of sp³-hybridized carbons (Fsp3) is 0. The summed E-state index contributed by atoms with van der Waals surface area (Å²) in [5.74, 6) is -0.325. The van der Waals surface area contributed by atoms with Gasteiger partial charge < -0.3 is 0 Å². The first-order valence-electron chi connectivity index (χ1n) is 2.12. The van der Waals surface area contributed by atoms with Crippen LogP contribution < -0.4 is 0 Å². The quantitative estimate of drug-likeness (QED) is 0.505. The van der Waals surface area contributed by atoms with Crippen LogP contribution >= 0.6 is 28.6 Å². The van der Waals surface area contributed by atoms with E-state index in [0.717, 1.165) is 0 Å². The zero-order valence-corrected chi connectivity index (χ0v) is 10.5. The third kappa shape index (κ3) is 4.37. The first kappa shape index (κ1) is 13.2. The van der Waals surface area contributed by atoms with Crippen molar-refractivity contribution in [3.63, 3.8) is 0 Å². The van der Waals surface area contributed by atoms with Crippen LogP contribution in [0.15, 0.2) is 18.2 Å². The van der Waals surface area contributed by atoms with Gasteiger partial charge in [-0.15, -0.1) is 40.7 Å². The van der Waals surface area contributed by atoms with Crippen molar-refractivity contribution in [3.8, 4) is 0 Å². The van der Waals surface area contributed by atoms with E-state index in [2.05, 4.69) is 6.07 Å². The van der Waals surface area contributed by atoms with Gasteiger partial charge in [0.1, 0.15) is 0 Å². The molecular weight excluding hydrogens is 272 g/mol. The van der Waals surface area contributed by atoms with Crippen molar-refractivity contribution in [2.75, 3.05) is 0 Å². The van der Waals surface area contributed by atoms with E-state index in [4.69, 9.17) is 11.6 Å². The van der Waals surface area contributed by atoms with E-state index in [9.17, 15) is 4.39 Å². The molecule has 0 aliphatic carbocycles. The Kier molecular flexibility index (Phi) is 8.24. The molecule has 4 heteroatoms. The van der Waals surface area contributed by atoms with Crippen LogP contribution in [0.5, 0.6) is 0 Å². The molecular formula is C6H4BrClFZn-. The van der Waals surface area contributed by atoms with Crippen LogP contribution in [0, 0.1) is 11.9 Å². The number of halogens is 3. The second-order valence-corrected chi connectivity index (χ2v) is 1.76. The van der Waals surface area contributed by atoms with Crippen LogP contribution in [0.25, 0.3) is 0 Å². The Hall–Kier alpha value is 0.543. The Morgan fingerprint density at radius 3 is 2.40 bits per heavy atom. The molecule has 0 heterocycles. The van der Waals surface area contributed by atoms with Gasteiger partial charge in [-0.3, -0.25) is 0 Å². The summed E-state index contributed by atoms with van der Waals surface area (Å²) in [6.45, 7) is 0. The van der Waals surface area contributed by atoms with E-state index < -0.39 is 0 Å². The summed E-state index contributed by atoms with van der Waals surface area (Å²) in [6.07, 6.45) is 0. The zero-order valence-electron chi connectivity index (χ0n) is 5.10. The number of benzene rings is 1. The predicted octanol–water partition coefficient (Wildman–Crippen LogP) is 2.85. The van der Waals surface area contributed by atoms with Crippen molar-refractivity contribution in [1.82, 2.24) is 0 Å². The maximum Gasteiger partial charge on any atom is 0.0165 e. The van der Waals surface area contributed by atoms with Crippen molar-refractivity contribution in [3.05, 3.63) is 35.1 Å². The second kappa shape index (κ2) is 6.27. The van der Waals surface area contributed by atoms with E-state index in [1.165, 1.54) is 18.2 Å². The number of rotatable bonds is 0. The average Bonchev–Trinajstić information content (AvgIpc) is 1.64. The van der Waals surface area contributed by atoms with E-state index >= 15 is 0 Å². The second-order valence-electron chi connectivity index (χ2n) is 1.35. The van der Waals surface area contributed by atoms with Crippen LogP contribution in [-0.2, 0) is 19.5 Å². The summed E-state index contributed by atoms with van der Waals surface area (Å²) in [7, 11) is 0. The molecule has 0 bridgehead atoms. The molecule has 0 atom stereocenters. The molecule has 0 unspecified atom stereocenters. The van der Waals surface area contributed by atoms with Crippen molar-refractivity contribution < 1.29 is 23.9 Å². The molecule has 0 aliphatic heterocycles. The summed E-state index contributed by atoms with van der Waals surface area (Å²) >= 11 is 5.35. The largest absolute Gasteiger partial charge is 0.236 e. The fourth-order valence-electron chi connectivity index (χ4n) is 0.412. The molecule has 0 saturated heterocycles. The first-order valence-corrected chi connectivity index (χ1v) is 2.49. The van der Waals surface area contributed by atoms with Crippen molar-refractivity contribution >= 4 is 28.6 Å². The molecule has 1 aromatic carbocycles. The molecule has 0 saturated carbocycles. The molecule has 0 nitrogen and oxygen atoms in total. The van der Waals surface area contributed by atoms with Gasteiger partial charge in [0.25, 0.3) is 0 Å². The van der Waals surface area contributed by atoms with Gasteiger partial charge >= 0.3 is 0 Å². The van der Waals surface area contributed by atoms with Crippen LogP contribution in [0.4, 0.5) is 4.39 Å². The van der Waals surface area contributed by atoms with Crippen molar-refractivity contribution in [1.29, 1.82) is 0 Å². The number of hydrogen-bond acceptors (Lipinski definition) is 0. The van der Waals surface area contributed by atoms with Crippen LogP contribution in [0.3, 0.4) is 0 Å². The summed E-state index contributed by atoms with van der Waals surface area (Å²) < 4.78 is 12.1. The topological polar surface area (TPSA) is 0 Å². The molecule has 0 spiro atoms. The smallest absolute Gasteiger partial charge is 0.0165 e. The number of hydrogen-bond donors (Lipinski definition) is 0. The first-order chi connectivity index (χ1) is 3.79. The average molecular weight is 276 g/mol. The predicted molar refractivity (Wildman–Crippen MR) is 40.6 cm³/mol. The van der Waals surface area contributed by atoms with E-state index in [1.807, 2.05) is 0 Å².